The fourth-order valence-electron chi connectivity index (χ4n) is 1.10. The highest BCUT2D eigenvalue weighted by Gasteiger charge is 2.11. The van der Waals surface area contributed by atoms with E-state index in [9.17, 15) is 4.79 Å². The molecule has 1 amide bonds. The maximum atomic E-state index is 11.5. The van der Waals surface area contributed by atoms with Crippen molar-refractivity contribution in [2.75, 3.05) is 26.7 Å². The van der Waals surface area contributed by atoms with Crippen molar-refractivity contribution >= 4 is 5.91 Å². The van der Waals surface area contributed by atoms with Gasteiger partial charge < -0.3 is 19.8 Å². The molecule has 0 aliphatic rings. The molecule has 0 aliphatic heterocycles. The molecule has 6 heteroatoms. The molecule has 0 unspecified atom stereocenters. The zero-order valence-electron chi connectivity index (χ0n) is 9.56. The van der Waals surface area contributed by atoms with Crippen molar-refractivity contribution in [2.45, 2.75) is 13.5 Å². The van der Waals surface area contributed by atoms with Crippen LogP contribution >= 0.6 is 0 Å². The molecule has 0 saturated heterocycles. The van der Waals surface area contributed by atoms with E-state index in [0.717, 1.165) is 13.1 Å². The lowest BCUT2D eigenvalue weighted by molar-refractivity contribution is 0.0940. The van der Waals surface area contributed by atoms with Crippen LogP contribution < -0.4 is 5.32 Å². The molecule has 90 valence electrons. The maximum Gasteiger partial charge on any atom is 0.273 e. The van der Waals surface area contributed by atoms with Gasteiger partial charge in [0.15, 0.2) is 11.5 Å². The highest BCUT2D eigenvalue weighted by atomic mass is 16.5. The largest absolute Gasteiger partial charge is 0.388 e. The van der Waals surface area contributed by atoms with Crippen LogP contribution in [0, 0.1) is 0 Å². The van der Waals surface area contributed by atoms with Gasteiger partial charge in [-0.15, -0.1) is 0 Å². The summed E-state index contributed by atoms with van der Waals surface area (Å²) in [4.78, 5) is 13.6. The fraction of sp³-hybridized carbons (Fsp3) is 0.600. The van der Waals surface area contributed by atoms with Gasteiger partial charge in [0.25, 0.3) is 5.91 Å². The average molecular weight is 227 g/mol. The fourth-order valence-corrected chi connectivity index (χ4v) is 1.10. The smallest absolute Gasteiger partial charge is 0.273 e. The minimum Gasteiger partial charge on any atom is -0.388 e. The van der Waals surface area contributed by atoms with Crippen LogP contribution in [0.25, 0.3) is 0 Å². The molecule has 6 nitrogen and oxygen atoms in total. The second-order valence-corrected chi connectivity index (χ2v) is 3.49. The Hall–Kier alpha value is -1.40. The number of nitrogens with zero attached hydrogens (tertiary/aromatic N) is 2. The van der Waals surface area contributed by atoms with E-state index >= 15 is 0 Å². The second kappa shape index (κ2) is 6.24. The summed E-state index contributed by atoms with van der Waals surface area (Å²) < 4.78 is 4.71. The lowest BCUT2D eigenvalue weighted by Crippen LogP contribution is -2.33. The van der Waals surface area contributed by atoms with Crippen molar-refractivity contribution < 1.29 is 14.4 Å². The lowest BCUT2D eigenvalue weighted by atomic mass is 10.3. The number of hydrogen-bond acceptors (Lipinski definition) is 5. The van der Waals surface area contributed by atoms with Crippen LogP contribution in [0.5, 0.6) is 0 Å². The Balaban J connectivity index is 2.35. The molecule has 0 radical (unpaired) electrons. The minimum absolute atomic E-state index is 0.197. The van der Waals surface area contributed by atoms with E-state index in [0.29, 0.717) is 6.54 Å². The number of hydrogen-bond donors (Lipinski definition) is 2. The molecule has 0 saturated carbocycles. The summed E-state index contributed by atoms with van der Waals surface area (Å²) in [7, 11) is 1.98. The Morgan fingerprint density at radius 3 is 3.00 bits per heavy atom. The standard InChI is InChI=1S/C10H17N3O3/c1-3-13(2)5-4-11-10(15)9-6-8(7-14)16-12-9/h6,14H,3-5,7H2,1-2H3,(H,11,15). The van der Waals surface area contributed by atoms with E-state index < -0.39 is 0 Å². The maximum absolute atomic E-state index is 11.5. The number of aliphatic hydroxyl groups excluding tert-OH is 1. The van der Waals surface area contributed by atoms with Crippen molar-refractivity contribution in [2.24, 2.45) is 0 Å². The summed E-state index contributed by atoms with van der Waals surface area (Å²) in [5.74, 6) is 0.00350. The average Bonchev–Trinajstić information content (AvgIpc) is 2.77. The molecular weight excluding hydrogens is 210 g/mol. The van der Waals surface area contributed by atoms with Crippen LogP contribution in [-0.4, -0.2) is 47.8 Å². The molecule has 0 bridgehead atoms. The van der Waals surface area contributed by atoms with Gasteiger partial charge in [0.05, 0.1) is 0 Å². The highest BCUT2D eigenvalue weighted by Crippen LogP contribution is 2.02. The zero-order chi connectivity index (χ0) is 12.0. The Labute approximate surface area is 94.2 Å². The van der Waals surface area contributed by atoms with E-state index in [1.165, 1.54) is 6.07 Å². The third-order valence-corrected chi connectivity index (χ3v) is 2.27. The number of likely N-dealkylation sites (N-methyl/N-ethyl adjacent to an activating group) is 1. The van der Waals surface area contributed by atoms with Gasteiger partial charge >= 0.3 is 0 Å². The van der Waals surface area contributed by atoms with Crippen LogP contribution in [-0.2, 0) is 6.61 Å². The third-order valence-electron chi connectivity index (χ3n) is 2.27. The third kappa shape index (κ3) is 3.63. The first-order valence-electron chi connectivity index (χ1n) is 5.20. The number of nitrogens with one attached hydrogen (secondary N) is 1. The molecule has 2 N–H and O–H groups in total. The first-order valence-corrected chi connectivity index (χ1v) is 5.20. The zero-order valence-corrected chi connectivity index (χ0v) is 9.56. The Morgan fingerprint density at radius 1 is 1.69 bits per heavy atom. The second-order valence-electron chi connectivity index (χ2n) is 3.49. The van der Waals surface area contributed by atoms with Crippen LogP contribution in [0.1, 0.15) is 23.2 Å². The number of aliphatic hydroxyl groups is 1. The van der Waals surface area contributed by atoms with E-state index in [4.69, 9.17) is 9.63 Å². The highest BCUT2D eigenvalue weighted by molar-refractivity contribution is 5.92. The number of carbonyl (C=O) groups excluding carboxylic acids is 1. The van der Waals surface area contributed by atoms with Crippen LogP contribution in [0.2, 0.25) is 0 Å². The molecule has 0 fully saturated rings. The van der Waals surface area contributed by atoms with Gasteiger partial charge in [-0.3, -0.25) is 4.79 Å². The van der Waals surface area contributed by atoms with Crippen LogP contribution in [0.15, 0.2) is 10.6 Å². The number of rotatable bonds is 6. The van der Waals surface area contributed by atoms with Gasteiger partial charge in [0.1, 0.15) is 6.61 Å². The number of carbonyl (C=O) groups is 1. The molecule has 0 aliphatic carbocycles. The van der Waals surface area contributed by atoms with Crippen molar-refractivity contribution in [3.63, 3.8) is 0 Å². The van der Waals surface area contributed by atoms with Gasteiger partial charge in [0.2, 0.25) is 0 Å². The summed E-state index contributed by atoms with van der Waals surface area (Å²) in [6, 6.07) is 1.43. The molecule has 0 atom stereocenters. The topological polar surface area (TPSA) is 78.6 Å². The van der Waals surface area contributed by atoms with E-state index in [1.54, 1.807) is 0 Å². The monoisotopic (exact) mass is 227 g/mol. The van der Waals surface area contributed by atoms with E-state index in [-0.39, 0.29) is 24.0 Å². The molecule has 16 heavy (non-hydrogen) atoms. The van der Waals surface area contributed by atoms with Crippen LogP contribution in [0.3, 0.4) is 0 Å². The summed E-state index contributed by atoms with van der Waals surface area (Å²) in [5.41, 5.74) is 0.197. The molecule has 1 aromatic rings. The van der Waals surface area contributed by atoms with Crippen LogP contribution in [0.4, 0.5) is 0 Å². The van der Waals surface area contributed by atoms with Gasteiger partial charge in [0, 0.05) is 19.2 Å². The summed E-state index contributed by atoms with van der Waals surface area (Å²) in [6.45, 7) is 4.08. The Morgan fingerprint density at radius 2 is 2.44 bits per heavy atom. The van der Waals surface area contributed by atoms with Crippen molar-refractivity contribution in [1.29, 1.82) is 0 Å². The normalized spacial score (nSPS) is 10.8. The predicted molar refractivity (Wildman–Crippen MR) is 57.9 cm³/mol. The minimum atomic E-state index is -0.284. The molecule has 0 aromatic carbocycles. The molecule has 0 spiro atoms. The van der Waals surface area contributed by atoms with Crippen molar-refractivity contribution in [3.05, 3.63) is 17.5 Å². The molecule has 1 rings (SSSR count). The van der Waals surface area contributed by atoms with Gasteiger partial charge in [-0.05, 0) is 13.6 Å². The van der Waals surface area contributed by atoms with E-state index in [2.05, 4.69) is 15.4 Å². The number of aromatic nitrogens is 1. The van der Waals surface area contributed by atoms with Gasteiger partial charge in [-0.25, -0.2) is 0 Å². The summed E-state index contributed by atoms with van der Waals surface area (Å²) in [5, 5.41) is 15.0. The Kier molecular flexibility index (Phi) is 4.94. The number of amides is 1. The quantitative estimate of drug-likeness (QED) is 0.706. The molecule has 1 heterocycles. The first kappa shape index (κ1) is 12.7. The summed E-state index contributed by atoms with van der Waals surface area (Å²) in [6.07, 6.45) is 0. The molecule has 1 aromatic heterocycles. The summed E-state index contributed by atoms with van der Waals surface area (Å²) >= 11 is 0. The van der Waals surface area contributed by atoms with Gasteiger partial charge in [-0.2, -0.15) is 0 Å². The Bertz CT molecular complexity index is 338. The van der Waals surface area contributed by atoms with Crippen molar-refractivity contribution in [3.8, 4) is 0 Å². The van der Waals surface area contributed by atoms with Gasteiger partial charge in [-0.1, -0.05) is 12.1 Å². The molecular formula is C10H17N3O3. The first-order chi connectivity index (χ1) is 7.67. The van der Waals surface area contributed by atoms with Crippen molar-refractivity contribution in [1.82, 2.24) is 15.4 Å². The lowest BCUT2D eigenvalue weighted by Gasteiger charge is -2.13. The predicted octanol–water partition coefficient (Wildman–Crippen LogP) is -0.152. The van der Waals surface area contributed by atoms with E-state index in [1.807, 2.05) is 14.0 Å². The SMILES string of the molecule is CCN(C)CCNC(=O)c1cc(CO)on1.